The van der Waals surface area contributed by atoms with E-state index in [1.54, 1.807) is 0 Å². The third-order valence-corrected chi connectivity index (χ3v) is 8.51. The van der Waals surface area contributed by atoms with Crippen molar-refractivity contribution in [3.8, 4) is 5.75 Å². The minimum Gasteiger partial charge on any atom is -0.486 e. The Kier molecular flexibility index (Phi) is 17.8. The zero-order valence-electron chi connectivity index (χ0n) is 25.6. The molecule has 0 aromatic heterocycles. The van der Waals surface area contributed by atoms with Crippen molar-refractivity contribution in [1.29, 1.82) is 0 Å². The standard InChI is InChI=1S/C32H56NO6P/c1-4-5-6-7-8-9-10-11-12-13-14-15-16-20-26-36-28-32(39-31-23-18-17-19-24-31)29-38-40(34,35)37-27-30-22-21-25-33(30,2)3/h17-19,23-24,27,32H,4-16,20-22,25-26,28-29H2,1-3H3/p+1. The summed E-state index contributed by atoms with van der Waals surface area (Å²) in [6, 6.07) is 9.38. The number of rotatable bonds is 24. The first-order chi connectivity index (χ1) is 19.3. The second kappa shape index (κ2) is 20.5. The Morgan fingerprint density at radius 1 is 0.875 bits per heavy atom. The van der Waals surface area contributed by atoms with E-state index in [0.717, 1.165) is 37.9 Å². The monoisotopic (exact) mass is 582 g/mol. The summed E-state index contributed by atoms with van der Waals surface area (Å²) in [5.74, 6) is 0.664. The Morgan fingerprint density at radius 2 is 1.45 bits per heavy atom. The van der Waals surface area contributed by atoms with Crippen molar-refractivity contribution < 1.29 is 32.5 Å². The number of nitrogens with zero attached hydrogens (tertiary/aromatic N) is 1. The number of hydrogen-bond acceptors (Lipinski definition) is 5. The molecule has 8 heteroatoms. The lowest BCUT2D eigenvalue weighted by Crippen LogP contribution is -2.33. The molecular weight excluding hydrogens is 525 g/mol. The van der Waals surface area contributed by atoms with E-state index in [4.69, 9.17) is 18.5 Å². The number of benzene rings is 1. The number of hydrogen-bond donors (Lipinski definition) is 1. The van der Waals surface area contributed by atoms with Crippen LogP contribution in [0.3, 0.4) is 0 Å². The molecule has 0 bridgehead atoms. The topological polar surface area (TPSA) is 74.2 Å². The summed E-state index contributed by atoms with van der Waals surface area (Å²) < 4.78 is 35.6. The zero-order chi connectivity index (χ0) is 28.9. The number of phosphoric ester groups is 1. The predicted octanol–water partition coefficient (Wildman–Crippen LogP) is 8.78. The third-order valence-electron chi connectivity index (χ3n) is 7.67. The Balaban J connectivity index is 1.59. The van der Waals surface area contributed by atoms with Gasteiger partial charge in [-0.25, -0.2) is 4.57 Å². The average Bonchev–Trinajstić information content (AvgIpc) is 3.28. The molecular formula is C32H57NO6P+. The molecule has 230 valence electrons. The van der Waals surface area contributed by atoms with Gasteiger partial charge in [0.1, 0.15) is 17.6 Å². The van der Waals surface area contributed by atoms with E-state index in [9.17, 15) is 9.46 Å². The Morgan fingerprint density at radius 3 is 2.00 bits per heavy atom. The highest BCUT2D eigenvalue weighted by Crippen LogP contribution is 2.45. The highest BCUT2D eigenvalue weighted by molar-refractivity contribution is 7.47. The van der Waals surface area contributed by atoms with E-state index in [1.807, 2.05) is 30.3 Å². The van der Waals surface area contributed by atoms with E-state index in [2.05, 4.69) is 21.0 Å². The Hall–Kier alpha value is -1.37. The van der Waals surface area contributed by atoms with Gasteiger partial charge in [-0.2, -0.15) is 0 Å². The molecule has 0 spiro atoms. The number of quaternary nitrogens is 1. The zero-order valence-corrected chi connectivity index (χ0v) is 26.5. The average molecular weight is 583 g/mol. The van der Waals surface area contributed by atoms with Gasteiger partial charge in [0.25, 0.3) is 0 Å². The molecule has 1 aromatic rings. The minimum atomic E-state index is -4.26. The first-order valence-electron chi connectivity index (χ1n) is 15.8. The van der Waals surface area contributed by atoms with Gasteiger partial charge in [-0.3, -0.25) is 13.9 Å². The molecule has 1 fully saturated rings. The van der Waals surface area contributed by atoms with Crippen LogP contribution in [0, 0.1) is 0 Å². The maximum atomic E-state index is 12.5. The van der Waals surface area contributed by atoms with Crippen LogP contribution in [0.1, 0.15) is 110 Å². The van der Waals surface area contributed by atoms with Gasteiger partial charge in [0, 0.05) is 19.4 Å². The lowest BCUT2D eigenvalue weighted by molar-refractivity contribution is -0.843. The second-order valence-corrected chi connectivity index (χ2v) is 13.1. The lowest BCUT2D eigenvalue weighted by atomic mass is 10.0. The molecule has 40 heavy (non-hydrogen) atoms. The predicted molar refractivity (Wildman–Crippen MR) is 163 cm³/mol. The molecule has 2 atom stereocenters. The van der Waals surface area contributed by atoms with E-state index >= 15 is 0 Å². The van der Waals surface area contributed by atoms with Gasteiger partial charge < -0.3 is 14.0 Å². The molecule has 1 aliphatic heterocycles. The summed E-state index contributed by atoms with van der Waals surface area (Å²) in [5.41, 5.74) is 0.978. The van der Waals surface area contributed by atoms with Crippen molar-refractivity contribution in [2.24, 2.45) is 0 Å². The molecule has 1 aromatic carbocycles. The number of likely N-dealkylation sites (tertiary alicyclic amines) is 1. The Bertz CT molecular complexity index is 847. The lowest BCUT2D eigenvalue weighted by Gasteiger charge is -2.24. The minimum absolute atomic E-state index is 0.108. The van der Waals surface area contributed by atoms with Crippen molar-refractivity contribution in [3.63, 3.8) is 0 Å². The maximum absolute atomic E-state index is 12.5. The summed E-state index contributed by atoms with van der Waals surface area (Å²) in [5, 5.41) is 0. The van der Waals surface area contributed by atoms with Gasteiger partial charge in [0.2, 0.25) is 0 Å². The van der Waals surface area contributed by atoms with Crippen LogP contribution in [-0.4, -0.2) is 55.9 Å². The van der Waals surface area contributed by atoms with Crippen LogP contribution in [0.5, 0.6) is 5.75 Å². The fourth-order valence-electron chi connectivity index (χ4n) is 5.06. The van der Waals surface area contributed by atoms with Crippen LogP contribution in [0.2, 0.25) is 0 Å². The summed E-state index contributed by atoms with van der Waals surface area (Å²) >= 11 is 0. The van der Waals surface area contributed by atoms with Crippen molar-refractivity contribution in [2.75, 3.05) is 40.5 Å². The van der Waals surface area contributed by atoms with Crippen LogP contribution >= 0.6 is 7.82 Å². The molecule has 1 aliphatic rings. The molecule has 1 heterocycles. The summed E-state index contributed by atoms with van der Waals surface area (Å²) in [4.78, 5) is 10.2. The molecule has 2 rings (SSSR count). The van der Waals surface area contributed by atoms with Gasteiger partial charge in [-0.1, -0.05) is 109 Å². The number of para-hydroxylation sites is 1. The number of allylic oxidation sites excluding steroid dienone is 1. The summed E-state index contributed by atoms with van der Waals surface area (Å²) in [7, 11) is -0.138. The molecule has 0 radical (unpaired) electrons. The van der Waals surface area contributed by atoms with E-state index in [1.165, 1.54) is 83.3 Å². The summed E-state index contributed by atoms with van der Waals surface area (Å²) in [6.45, 7) is 4.06. The molecule has 2 unspecified atom stereocenters. The molecule has 0 amide bonds. The largest absolute Gasteiger partial charge is 0.527 e. The number of phosphoric acid groups is 1. The van der Waals surface area contributed by atoms with E-state index in [0.29, 0.717) is 16.8 Å². The van der Waals surface area contributed by atoms with Gasteiger partial charge in [0.05, 0.1) is 33.9 Å². The van der Waals surface area contributed by atoms with Gasteiger partial charge in [-0.05, 0) is 18.6 Å². The third kappa shape index (κ3) is 16.2. The van der Waals surface area contributed by atoms with Crippen molar-refractivity contribution in [2.45, 2.75) is 116 Å². The van der Waals surface area contributed by atoms with Crippen molar-refractivity contribution in [3.05, 3.63) is 42.3 Å². The molecule has 1 N–H and O–H groups in total. The molecule has 7 nitrogen and oxygen atoms in total. The molecule has 1 saturated heterocycles. The van der Waals surface area contributed by atoms with Crippen LogP contribution in [0.15, 0.2) is 42.3 Å². The SMILES string of the molecule is CCCCCCCCCCCCCCCCOCC(COP(=O)(O)OC=C1CCC[N+]1(C)C)Oc1ccccc1. The molecule has 0 aliphatic carbocycles. The van der Waals surface area contributed by atoms with Gasteiger partial charge in [-0.15, -0.1) is 0 Å². The van der Waals surface area contributed by atoms with Gasteiger partial charge >= 0.3 is 7.82 Å². The highest BCUT2D eigenvalue weighted by Gasteiger charge is 2.31. The van der Waals surface area contributed by atoms with E-state index < -0.39 is 13.9 Å². The normalized spacial score (nSPS) is 18.1. The van der Waals surface area contributed by atoms with E-state index in [-0.39, 0.29) is 13.2 Å². The van der Waals surface area contributed by atoms with Crippen LogP contribution in [0.4, 0.5) is 0 Å². The Labute approximate surface area is 244 Å². The maximum Gasteiger partial charge on any atom is 0.527 e. The smallest absolute Gasteiger partial charge is 0.486 e. The van der Waals surface area contributed by atoms with Crippen molar-refractivity contribution >= 4 is 7.82 Å². The highest BCUT2D eigenvalue weighted by atomic mass is 31.2. The number of unbranched alkanes of at least 4 members (excludes halogenated alkanes) is 13. The first-order valence-corrected chi connectivity index (χ1v) is 17.3. The van der Waals surface area contributed by atoms with Crippen LogP contribution in [-0.2, 0) is 18.3 Å². The van der Waals surface area contributed by atoms with Crippen molar-refractivity contribution in [1.82, 2.24) is 0 Å². The fraction of sp³-hybridized carbons (Fsp3) is 0.750. The fourth-order valence-corrected chi connectivity index (χ4v) is 5.73. The number of ether oxygens (including phenoxy) is 2. The van der Waals surface area contributed by atoms with Gasteiger partial charge in [0.15, 0.2) is 6.26 Å². The van der Waals surface area contributed by atoms with Crippen LogP contribution in [0.25, 0.3) is 0 Å². The van der Waals surface area contributed by atoms with Crippen LogP contribution < -0.4 is 4.74 Å². The summed E-state index contributed by atoms with van der Waals surface area (Å²) in [6.07, 6.45) is 21.2. The quantitative estimate of drug-likeness (QED) is 0.0568. The molecule has 0 saturated carbocycles. The first kappa shape index (κ1) is 34.8. The second-order valence-electron chi connectivity index (χ2n) is 11.7.